The molecule has 4 aliphatic rings. The summed E-state index contributed by atoms with van der Waals surface area (Å²) < 4.78 is 27.5. The molecule has 1 saturated carbocycles. The summed E-state index contributed by atoms with van der Waals surface area (Å²) in [4.78, 5) is 82.4. The van der Waals surface area contributed by atoms with Crippen LogP contribution in [0.1, 0.15) is 95.0 Å². The van der Waals surface area contributed by atoms with Crippen molar-refractivity contribution in [3.05, 3.63) is 74.8 Å². The molecule has 3 aliphatic heterocycles. The van der Waals surface area contributed by atoms with E-state index in [-0.39, 0.29) is 41.3 Å². The molecule has 310 valence electrons. The Labute approximate surface area is 346 Å². The molecule has 2 N–H and O–H groups in total. The number of aromatic nitrogens is 2. The number of amides is 5. The average Bonchev–Trinajstić information content (AvgIpc) is 3.40. The second-order valence-electron chi connectivity index (χ2n) is 16.7. The molecular weight excluding hydrogens is 783 g/mol. The fraction of sp³-hybridized carbons (Fsp3) is 0.476. The Morgan fingerprint density at radius 1 is 0.966 bits per heavy atom. The molecule has 1 unspecified atom stereocenters. The number of benzene rings is 2. The number of piperazine rings is 1. The number of fused-ring (bicyclic) bond motifs is 1. The highest BCUT2D eigenvalue weighted by Crippen LogP contribution is 2.58. The predicted molar refractivity (Wildman–Crippen MR) is 212 cm³/mol. The Bertz CT molecular complexity index is 2280. The molecule has 0 spiro atoms. The first kappa shape index (κ1) is 41.5. The Hall–Kier alpha value is -5.66. The maximum Gasteiger partial charge on any atom is 0.262 e. The molecule has 2 saturated heterocycles. The van der Waals surface area contributed by atoms with E-state index in [9.17, 15) is 29.2 Å². The van der Waals surface area contributed by atoms with E-state index in [2.05, 4.69) is 14.9 Å². The van der Waals surface area contributed by atoms with Crippen LogP contribution in [-0.4, -0.2) is 112 Å². The van der Waals surface area contributed by atoms with Crippen molar-refractivity contribution in [2.45, 2.75) is 79.0 Å². The molecule has 0 bridgehead atoms. The van der Waals surface area contributed by atoms with Crippen LogP contribution in [0.4, 0.5) is 10.3 Å². The maximum atomic E-state index is 15.4. The fourth-order valence-corrected chi connectivity index (χ4v) is 9.88. The molecule has 0 radical (unpaired) electrons. The van der Waals surface area contributed by atoms with Gasteiger partial charge < -0.3 is 20.1 Å². The zero-order valence-electron chi connectivity index (χ0n) is 33.8. The van der Waals surface area contributed by atoms with E-state index in [1.165, 1.54) is 11.0 Å². The van der Waals surface area contributed by atoms with E-state index in [0.29, 0.717) is 60.3 Å². The Morgan fingerprint density at radius 3 is 2.19 bits per heavy atom. The average molecular weight is 829 g/mol. The molecule has 3 fully saturated rings. The number of hydrogen-bond acceptors (Lipinski definition) is 12. The highest BCUT2D eigenvalue weighted by molar-refractivity contribution is 6.31. The Morgan fingerprint density at radius 2 is 1.59 bits per heavy atom. The maximum absolute atomic E-state index is 15.4. The smallest absolute Gasteiger partial charge is 0.262 e. The molecule has 15 nitrogen and oxygen atoms in total. The molecule has 4 heterocycles. The lowest BCUT2D eigenvalue weighted by molar-refractivity contribution is -0.216. The number of likely N-dealkylation sites (tertiary alicyclic amines) is 1. The van der Waals surface area contributed by atoms with Crippen molar-refractivity contribution in [3.63, 3.8) is 0 Å². The monoisotopic (exact) mass is 828 g/mol. The SMILES string of the molecule is Cc1nc(N2CCN(CCCOc3cc4c(cc3F)C(=O)N(C3CCC(=O)N(C5C(C)(C)C(Oc6ccc(C#N)c(Cl)c6)C5(C)C)C3=O)C4=O)CC2)nc(C)c1C(N)=O. The summed E-state index contributed by atoms with van der Waals surface area (Å²) in [6, 6.07) is 7.01. The number of carbonyl (C=O) groups excluding carboxylic acids is 5. The van der Waals surface area contributed by atoms with Gasteiger partial charge in [-0.2, -0.15) is 5.26 Å². The van der Waals surface area contributed by atoms with Crippen LogP contribution in [0.3, 0.4) is 0 Å². The summed E-state index contributed by atoms with van der Waals surface area (Å²) in [5.74, 6) is -3.26. The summed E-state index contributed by atoms with van der Waals surface area (Å²) in [5, 5.41) is 9.49. The molecule has 7 rings (SSSR count). The van der Waals surface area contributed by atoms with Gasteiger partial charge in [-0.15, -0.1) is 0 Å². The molecular formula is C42H46ClFN8O7. The predicted octanol–water partition coefficient (Wildman–Crippen LogP) is 4.44. The third-order valence-corrected chi connectivity index (χ3v) is 12.4. The van der Waals surface area contributed by atoms with E-state index in [1.54, 1.807) is 32.0 Å². The van der Waals surface area contributed by atoms with Crippen molar-refractivity contribution < 1.29 is 37.8 Å². The summed E-state index contributed by atoms with van der Waals surface area (Å²) in [6.45, 7) is 14.6. The molecule has 2 aromatic carbocycles. The van der Waals surface area contributed by atoms with Crippen LogP contribution in [-0.2, 0) is 9.59 Å². The largest absolute Gasteiger partial charge is 0.490 e. The number of aryl methyl sites for hydroxylation is 2. The Balaban J connectivity index is 0.968. The first-order chi connectivity index (χ1) is 27.9. The van der Waals surface area contributed by atoms with Crippen LogP contribution >= 0.6 is 11.6 Å². The van der Waals surface area contributed by atoms with Crippen molar-refractivity contribution in [3.8, 4) is 17.6 Å². The van der Waals surface area contributed by atoms with Gasteiger partial charge in [-0.05, 0) is 51.0 Å². The van der Waals surface area contributed by atoms with Crippen molar-refractivity contribution in [2.24, 2.45) is 16.6 Å². The number of hydrogen-bond donors (Lipinski definition) is 1. The standard InChI is InChI=1S/C42H46ClFN8O7/c1-22-33(34(46)54)23(2)48-40(47-22)50-15-13-49(14-16-50)12-7-17-58-31-20-27-26(19-29(31)44)35(55)51(36(27)56)30-10-11-32(53)52(37(30)57)38-41(3,4)39(42(38,5)6)59-25-9-8-24(21-45)28(43)18-25/h8-9,18-20,30,38-39H,7,10-17H2,1-6H3,(H2,46,54). The molecule has 1 aliphatic carbocycles. The van der Waals surface area contributed by atoms with Crippen LogP contribution < -0.4 is 20.1 Å². The first-order valence-electron chi connectivity index (χ1n) is 19.6. The van der Waals surface area contributed by atoms with Crippen molar-refractivity contribution in [1.82, 2.24) is 24.7 Å². The van der Waals surface area contributed by atoms with Gasteiger partial charge in [0.25, 0.3) is 23.6 Å². The molecule has 5 amide bonds. The molecule has 1 atom stereocenters. The van der Waals surface area contributed by atoms with Gasteiger partial charge >= 0.3 is 0 Å². The van der Waals surface area contributed by atoms with E-state index < -0.39 is 64.4 Å². The number of nitrogens with zero attached hydrogens (tertiary/aromatic N) is 7. The lowest BCUT2D eigenvalue weighted by Crippen LogP contribution is -2.77. The van der Waals surface area contributed by atoms with Gasteiger partial charge in [-0.1, -0.05) is 39.3 Å². The number of ether oxygens (including phenoxy) is 2. The third-order valence-electron chi connectivity index (χ3n) is 12.1. The van der Waals surface area contributed by atoms with Gasteiger partial charge in [-0.3, -0.25) is 38.7 Å². The first-order valence-corrected chi connectivity index (χ1v) is 19.9. The minimum Gasteiger partial charge on any atom is -0.490 e. The highest BCUT2D eigenvalue weighted by Gasteiger charge is 2.68. The molecule has 3 aromatic rings. The van der Waals surface area contributed by atoms with E-state index >= 15 is 4.39 Å². The Kier molecular flexibility index (Phi) is 10.9. The number of primary amides is 1. The summed E-state index contributed by atoms with van der Waals surface area (Å²) in [6.07, 6.45) is -0.0813. The number of halogens is 2. The second kappa shape index (κ2) is 15.5. The second-order valence-corrected chi connectivity index (χ2v) is 17.1. The number of carbonyl (C=O) groups is 5. The number of rotatable bonds is 11. The number of piperidine rings is 1. The molecule has 59 heavy (non-hydrogen) atoms. The van der Waals surface area contributed by atoms with Crippen LogP contribution in [0.15, 0.2) is 30.3 Å². The van der Waals surface area contributed by atoms with Crippen LogP contribution in [0.5, 0.6) is 11.5 Å². The minimum atomic E-state index is -1.27. The summed E-state index contributed by atoms with van der Waals surface area (Å²) >= 11 is 6.25. The van der Waals surface area contributed by atoms with Crippen molar-refractivity contribution in [1.29, 1.82) is 5.26 Å². The van der Waals surface area contributed by atoms with Crippen LogP contribution in [0, 0.1) is 41.8 Å². The quantitative estimate of drug-likeness (QED) is 0.211. The number of nitrogens with two attached hydrogens (primary N) is 1. The van der Waals surface area contributed by atoms with Crippen molar-refractivity contribution >= 4 is 47.1 Å². The fourth-order valence-electron chi connectivity index (χ4n) is 9.66. The van der Waals surface area contributed by atoms with Gasteiger partial charge in [-0.25, -0.2) is 14.4 Å². The normalized spacial score (nSPS) is 22.6. The topological polar surface area (TPSA) is 192 Å². The number of anilines is 1. The van der Waals surface area contributed by atoms with E-state index in [0.717, 1.165) is 24.1 Å². The lowest BCUT2D eigenvalue weighted by Gasteiger charge is -2.65. The van der Waals surface area contributed by atoms with E-state index in [4.69, 9.17) is 26.8 Å². The number of nitriles is 1. The van der Waals surface area contributed by atoms with Gasteiger partial charge in [0.2, 0.25) is 11.9 Å². The van der Waals surface area contributed by atoms with Gasteiger partial charge in [0.05, 0.1) is 51.3 Å². The van der Waals surface area contributed by atoms with Crippen molar-refractivity contribution in [2.75, 3.05) is 44.2 Å². The zero-order chi connectivity index (χ0) is 42.7. The lowest BCUT2D eigenvalue weighted by atomic mass is 9.48. The van der Waals surface area contributed by atoms with Crippen LogP contribution in [0.25, 0.3) is 0 Å². The molecule has 17 heteroatoms. The minimum absolute atomic E-state index is 0.0646. The highest BCUT2D eigenvalue weighted by atomic mass is 35.5. The summed E-state index contributed by atoms with van der Waals surface area (Å²) in [5.41, 5.74) is 5.39. The summed E-state index contributed by atoms with van der Waals surface area (Å²) in [7, 11) is 0. The van der Waals surface area contributed by atoms with Gasteiger partial charge in [0, 0.05) is 56.0 Å². The van der Waals surface area contributed by atoms with E-state index in [1.807, 2.05) is 38.7 Å². The van der Waals surface area contributed by atoms with Gasteiger partial charge in [0.1, 0.15) is 24.0 Å². The molecule has 1 aromatic heterocycles. The third kappa shape index (κ3) is 7.24. The zero-order valence-corrected chi connectivity index (χ0v) is 34.6. The number of imide groups is 2. The van der Waals surface area contributed by atoms with Crippen LogP contribution in [0.2, 0.25) is 5.02 Å². The van der Waals surface area contributed by atoms with Gasteiger partial charge in [0.15, 0.2) is 11.6 Å².